The van der Waals surface area contributed by atoms with Crippen molar-refractivity contribution in [2.75, 3.05) is 0 Å². The molecule has 1 heterocycles. The summed E-state index contributed by atoms with van der Waals surface area (Å²) in [6, 6.07) is 8.40. The lowest BCUT2D eigenvalue weighted by atomic mass is 10.0. The molecule has 2 aromatic rings. The summed E-state index contributed by atoms with van der Waals surface area (Å²) in [4.78, 5) is 1.14. The summed E-state index contributed by atoms with van der Waals surface area (Å²) < 4.78 is 29.9. The van der Waals surface area contributed by atoms with Gasteiger partial charge in [-0.25, -0.2) is 0 Å². The molecule has 0 spiro atoms. The van der Waals surface area contributed by atoms with Crippen LogP contribution < -0.4 is 16.0 Å². The molecule has 1 aromatic heterocycles. The molecule has 20 heavy (non-hydrogen) atoms. The van der Waals surface area contributed by atoms with Gasteiger partial charge in [0.15, 0.2) is 0 Å². The van der Waals surface area contributed by atoms with Crippen molar-refractivity contribution >= 4 is 27.3 Å². The second kappa shape index (κ2) is 7.12. The van der Waals surface area contributed by atoms with Crippen molar-refractivity contribution in [1.29, 1.82) is 0 Å². The van der Waals surface area contributed by atoms with E-state index in [-0.39, 0.29) is 11.8 Å². The Labute approximate surface area is 127 Å². The minimum atomic E-state index is -2.83. The maximum atomic E-state index is 12.2. The smallest absolute Gasteiger partial charge is 0.387 e. The average Bonchev–Trinajstić information content (AvgIpc) is 2.81. The number of hydrazine groups is 1. The molecule has 0 radical (unpaired) electrons. The molecule has 0 saturated heterocycles. The zero-order valence-electron chi connectivity index (χ0n) is 10.4. The van der Waals surface area contributed by atoms with Gasteiger partial charge in [0, 0.05) is 21.2 Å². The molecule has 0 aliphatic rings. The minimum Gasteiger partial charge on any atom is -0.435 e. The van der Waals surface area contributed by atoms with E-state index in [0.29, 0.717) is 6.42 Å². The van der Waals surface area contributed by atoms with Crippen molar-refractivity contribution in [3.63, 3.8) is 0 Å². The van der Waals surface area contributed by atoms with Gasteiger partial charge in [-0.3, -0.25) is 11.3 Å². The van der Waals surface area contributed by atoms with Gasteiger partial charge in [0.25, 0.3) is 0 Å². The fourth-order valence-electron chi connectivity index (χ4n) is 1.84. The minimum absolute atomic E-state index is 0.130. The van der Waals surface area contributed by atoms with Crippen molar-refractivity contribution < 1.29 is 13.5 Å². The average molecular weight is 363 g/mol. The number of hydrogen-bond donors (Lipinski definition) is 2. The number of halogens is 3. The number of rotatable bonds is 6. The molecule has 1 unspecified atom stereocenters. The molecule has 3 nitrogen and oxygen atoms in total. The molecule has 0 saturated carbocycles. The number of nitrogens with two attached hydrogens (primary N) is 1. The quantitative estimate of drug-likeness (QED) is 0.605. The van der Waals surface area contributed by atoms with Gasteiger partial charge >= 0.3 is 6.61 Å². The predicted molar refractivity (Wildman–Crippen MR) is 78.9 cm³/mol. The van der Waals surface area contributed by atoms with Crippen molar-refractivity contribution in [2.24, 2.45) is 5.84 Å². The topological polar surface area (TPSA) is 47.3 Å². The highest BCUT2D eigenvalue weighted by Crippen LogP contribution is 2.27. The summed E-state index contributed by atoms with van der Waals surface area (Å²) in [5.41, 5.74) is 3.51. The highest BCUT2D eigenvalue weighted by molar-refractivity contribution is 9.10. The molecular formula is C13H13BrF2N2OS. The first-order valence-electron chi connectivity index (χ1n) is 5.82. The number of alkyl halides is 2. The Kier molecular flexibility index (Phi) is 5.47. The molecule has 0 aliphatic heterocycles. The summed E-state index contributed by atoms with van der Waals surface area (Å²) in [5, 5.41) is 1.99. The molecule has 2 rings (SSSR count). The summed E-state index contributed by atoms with van der Waals surface area (Å²) >= 11 is 5.00. The SMILES string of the molecule is NNC(Cc1cc(Br)cs1)c1cccc(OC(F)F)c1. The number of hydrogen-bond acceptors (Lipinski definition) is 4. The van der Waals surface area contributed by atoms with Gasteiger partial charge in [-0.1, -0.05) is 12.1 Å². The van der Waals surface area contributed by atoms with Gasteiger partial charge in [-0.05, 0) is 39.7 Å². The lowest BCUT2D eigenvalue weighted by molar-refractivity contribution is -0.0499. The fraction of sp³-hybridized carbons (Fsp3) is 0.231. The van der Waals surface area contributed by atoms with Gasteiger partial charge in [-0.2, -0.15) is 8.78 Å². The van der Waals surface area contributed by atoms with E-state index in [1.54, 1.807) is 23.5 Å². The van der Waals surface area contributed by atoms with E-state index in [1.807, 2.05) is 17.5 Å². The first-order chi connectivity index (χ1) is 9.58. The third-order valence-corrected chi connectivity index (χ3v) is 4.43. The molecule has 7 heteroatoms. The van der Waals surface area contributed by atoms with Crippen LogP contribution >= 0.6 is 27.3 Å². The van der Waals surface area contributed by atoms with Crippen LogP contribution in [-0.2, 0) is 6.42 Å². The first-order valence-corrected chi connectivity index (χ1v) is 7.49. The molecule has 0 amide bonds. The van der Waals surface area contributed by atoms with Crippen LogP contribution in [0.3, 0.4) is 0 Å². The summed E-state index contributed by atoms with van der Waals surface area (Å²) in [5.74, 6) is 5.69. The van der Waals surface area contributed by atoms with E-state index in [2.05, 4.69) is 26.1 Å². The van der Waals surface area contributed by atoms with E-state index in [1.165, 1.54) is 6.07 Å². The van der Waals surface area contributed by atoms with E-state index in [4.69, 9.17) is 5.84 Å². The van der Waals surface area contributed by atoms with Crippen molar-refractivity contribution in [3.8, 4) is 5.75 Å². The second-order valence-electron chi connectivity index (χ2n) is 4.11. The molecular weight excluding hydrogens is 350 g/mol. The van der Waals surface area contributed by atoms with Crippen LogP contribution in [0.25, 0.3) is 0 Å². The van der Waals surface area contributed by atoms with Gasteiger partial charge in [0.2, 0.25) is 0 Å². The Morgan fingerprint density at radius 1 is 1.35 bits per heavy atom. The first kappa shape index (κ1) is 15.4. The van der Waals surface area contributed by atoms with E-state index >= 15 is 0 Å². The third-order valence-electron chi connectivity index (χ3n) is 2.71. The lowest BCUT2D eigenvalue weighted by Gasteiger charge is -2.16. The van der Waals surface area contributed by atoms with Crippen LogP contribution in [0.1, 0.15) is 16.5 Å². The normalized spacial score (nSPS) is 12.7. The van der Waals surface area contributed by atoms with Crippen LogP contribution in [0.2, 0.25) is 0 Å². The monoisotopic (exact) mass is 362 g/mol. The van der Waals surface area contributed by atoms with Gasteiger partial charge in [-0.15, -0.1) is 11.3 Å². The summed E-state index contributed by atoms with van der Waals surface area (Å²) in [6.45, 7) is -2.83. The molecule has 108 valence electrons. The maximum Gasteiger partial charge on any atom is 0.387 e. The van der Waals surface area contributed by atoms with Crippen LogP contribution in [0.4, 0.5) is 8.78 Å². The van der Waals surface area contributed by atoms with E-state index in [0.717, 1.165) is 14.9 Å². The Hall–Kier alpha value is -1.02. The van der Waals surface area contributed by atoms with Crippen LogP contribution in [-0.4, -0.2) is 6.61 Å². The largest absolute Gasteiger partial charge is 0.435 e. The molecule has 3 N–H and O–H groups in total. The second-order valence-corrected chi connectivity index (χ2v) is 6.02. The Balaban J connectivity index is 2.14. The predicted octanol–water partition coefficient (Wildman–Crippen LogP) is 3.86. The standard InChI is InChI=1S/C13H13BrF2N2OS/c14-9-5-11(20-7-9)6-12(18-17)8-2-1-3-10(4-8)19-13(15)16/h1-5,7,12-13,18H,6,17H2. The Morgan fingerprint density at radius 2 is 2.15 bits per heavy atom. The molecule has 1 aromatic carbocycles. The molecule has 0 bridgehead atoms. The summed E-state index contributed by atoms with van der Waals surface area (Å²) in [6.07, 6.45) is 0.672. The van der Waals surface area contributed by atoms with Crippen molar-refractivity contribution in [3.05, 3.63) is 50.6 Å². The number of ether oxygens (including phenoxy) is 1. The van der Waals surface area contributed by atoms with Crippen molar-refractivity contribution in [2.45, 2.75) is 19.1 Å². The number of benzene rings is 1. The highest BCUT2D eigenvalue weighted by Gasteiger charge is 2.13. The molecule has 1 atom stereocenters. The highest BCUT2D eigenvalue weighted by atomic mass is 79.9. The Morgan fingerprint density at radius 3 is 2.75 bits per heavy atom. The maximum absolute atomic E-state index is 12.2. The third kappa shape index (κ3) is 4.24. The van der Waals surface area contributed by atoms with Crippen LogP contribution in [0, 0.1) is 0 Å². The van der Waals surface area contributed by atoms with Crippen LogP contribution in [0.5, 0.6) is 5.75 Å². The number of thiophene rings is 1. The van der Waals surface area contributed by atoms with E-state index < -0.39 is 6.61 Å². The molecule has 0 fully saturated rings. The zero-order chi connectivity index (χ0) is 14.5. The number of nitrogens with one attached hydrogen (secondary N) is 1. The Bertz CT molecular complexity index is 565. The summed E-state index contributed by atoms with van der Waals surface area (Å²) in [7, 11) is 0. The van der Waals surface area contributed by atoms with Crippen molar-refractivity contribution in [1.82, 2.24) is 5.43 Å². The lowest BCUT2D eigenvalue weighted by Crippen LogP contribution is -2.29. The van der Waals surface area contributed by atoms with E-state index in [9.17, 15) is 8.78 Å². The van der Waals surface area contributed by atoms with Gasteiger partial charge in [0.1, 0.15) is 5.75 Å². The zero-order valence-corrected chi connectivity index (χ0v) is 12.8. The van der Waals surface area contributed by atoms with Gasteiger partial charge < -0.3 is 4.74 Å². The fourth-order valence-corrected chi connectivity index (χ4v) is 3.34. The molecule has 0 aliphatic carbocycles. The van der Waals surface area contributed by atoms with Crippen LogP contribution in [0.15, 0.2) is 40.2 Å². The van der Waals surface area contributed by atoms with Gasteiger partial charge in [0.05, 0.1) is 6.04 Å².